The van der Waals surface area contributed by atoms with Crippen LogP contribution in [-0.4, -0.2) is 14.4 Å². The lowest BCUT2D eigenvalue weighted by Gasteiger charge is -2.06. The molecule has 0 aliphatic carbocycles. The molecular formula is C15H8BrN3O2. The summed E-state index contributed by atoms with van der Waals surface area (Å²) >= 11 is 3.35. The van der Waals surface area contributed by atoms with Crippen LogP contribution in [0.3, 0.4) is 0 Å². The van der Waals surface area contributed by atoms with Crippen LogP contribution in [0.1, 0.15) is 0 Å². The molecular weight excluding hydrogens is 334 g/mol. The van der Waals surface area contributed by atoms with E-state index < -0.39 is 0 Å². The second-order valence-corrected chi connectivity index (χ2v) is 5.62. The SMILES string of the molecule is O=c1[nH]c2ccccc2n2c(=O)c3cc(Br)ccc3nc12. The van der Waals surface area contributed by atoms with Gasteiger partial charge in [0.2, 0.25) is 5.65 Å². The summed E-state index contributed by atoms with van der Waals surface area (Å²) in [4.78, 5) is 32.0. The van der Waals surface area contributed by atoms with E-state index >= 15 is 0 Å². The van der Waals surface area contributed by atoms with E-state index in [9.17, 15) is 9.59 Å². The number of nitrogens with one attached hydrogen (secondary N) is 1. The van der Waals surface area contributed by atoms with E-state index in [0.717, 1.165) is 4.47 Å². The first-order chi connectivity index (χ1) is 10.1. The maximum Gasteiger partial charge on any atom is 0.292 e. The van der Waals surface area contributed by atoms with Crippen LogP contribution in [0.5, 0.6) is 0 Å². The summed E-state index contributed by atoms with van der Waals surface area (Å²) < 4.78 is 2.16. The van der Waals surface area contributed by atoms with Crippen molar-refractivity contribution in [3.05, 3.63) is 67.6 Å². The van der Waals surface area contributed by atoms with Crippen molar-refractivity contribution in [3.63, 3.8) is 0 Å². The van der Waals surface area contributed by atoms with Gasteiger partial charge in [0.15, 0.2) is 0 Å². The van der Waals surface area contributed by atoms with Crippen molar-refractivity contribution in [2.24, 2.45) is 0 Å². The lowest BCUT2D eigenvalue weighted by Crippen LogP contribution is -2.23. The highest BCUT2D eigenvalue weighted by Gasteiger charge is 2.11. The molecule has 5 nitrogen and oxygen atoms in total. The molecule has 2 heterocycles. The van der Waals surface area contributed by atoms with E-state index in [1.165, 1.54) is 4.40 Å². The van der Waals surface area contributed by atoms with E-state index in [-0.39, 0.29) is 16.8 Å². The normalized spacial score (nSPS) is 11.5. The Kier molecular flexibility index (Phi) is 2.49. The molecule has 0 atom stereocenters. The average Bonchev–Trinajstić information content (AvgIpc) is 2.48. The van der Waals surface area contributed by atoms with E-state index in [0.29, 0.717) is 21.9 Å². The Balaban J connectivity index is 2.41. The Morgan fingerprint density at radius 1 is 1.10 bits per heavy atom. The molecule has 0 spiro atoms. The minimum Gasteiger partial charge on any atom is -0.317 e. The third kappa shape index (κ3) is 1.72. The molecule has 0 amide bonds. The fourth-order valence-electron chi connectivity index (χ4n) is 2.49. The molecule has 4 aromatic rings. The standard InChI is InChI=1S/C15H8BrN3O2/c16-8-5-6-10-9(7-8)15(21)19-12-4-2-1-3-11(12)18-14(20)13(19)17-10/h1-7H,(H,18,20). The van der Waals surface area contributed by atoms with Gasteiger partial charge >= 0.3 is 0 Å². The van der Waals surface area contributed by atoms with Crippen LogP contribution >= 0.6 is 15.9 Å². The van der Waals surface area contributed by atoms with Gasteiger partial charge in [-0.25, -0.2) is 4.98 Å². The number of nitrogens with zero attached hydrogens (tertiary/aromatic N) is 2. The minimum atomic E-state index is -0.379. The Hall–Kier alpha value is -2.47. The number of H-pyrrole nitrogens is 1. The van der Waals surface area contributed by atoms with Crippen LogP contribution in [0.15, 0.2) is 56.5 Å². The van der Waals surface area contributed by atoms with Crippen molar-refractivity contribution in [1.29, 1.82) is 0 Å². The molecule has 0 aliphatic heterocycles. The summed E-state index contributed by atoms with van der Waals surface area (Å²) in [7, 11) is 0. The summed E-state index contributed by atoms with van der Waals surface area (Å²) in [6.45, 7) is 0. The van der Waals surface area contributed by atoms with Crippen molar-refractivity contribution in [2.45, 2.75) is 0 Å². The van der Waals surface area contributed by atoms with Crippen LogP contribution in [0.25, 0.3) is 27.6 Å². The van der Waals surface area contributed by atoms with Crippen LogP contribution in [0.4, 0.5) is 0 Å². The molecule has 2 aromatic carbocycles. The molecule has 0 saturated heterocycles. The Morgan fingerprint density at radius 3 is 2.76 bits per heavy atom. The molecule has 2 aromatic heterocycles. The maximum atomic E-state index is 12.8. The number of para-hydroxylation sites is 2. The van der Waals surface area contributed by atoms with E-state index in [4.69, 9.17) is 0 Å². The molecule has 0 radical (unpaired) electrons. The van der Waals surface area contributed by atoms with E-state index in [1.54, 1.807) is 36.4 Å². The highest BCUT2D eigenvalue weighted by Crippen LogP contribution is 2.17. The van der Waals surface area contributed by atoms with Gasteiger partial charge in [-0.2, -0.15) is 0 Å². The summed E-state index contributed by atoms with van der Waals surface area (Å²) in [6, 6.07) is 12.4. The molecule has 0 bridgehead atoms. The molecule has 4 rings (SSSR count). The van der Waals surface area contributed by atoms with Gasteiger partial charge in [0.1, 0.15) is 0 Å². The third-order valence-corrected chi connectivity index (χ3v) is 3.92. The van der Waals surface area contributed by atoms with Crippen molar-refractivity contribution in [3.8, 4) is 0 Å². The van der Waals surface area contributed by atoms with Gasteiger partial charge in [-0.3, -0.25) is 14.0 Å². The molecule has 21 heavy (non-hydrogen) atoms. The van der Waals surface area contributed by atoms with Crippen molar-refractivity contribution in [2.75, 3.05) is 0 Å². The fourth-order valence-corrected chi connectivity index (χ4v) is 2.85. The first-order valence-corrected chi connectivity index (χ1v) is 7.07. The smallest absolute Gasteiger partial charge is 0.292 e. The summed E-state index contributed by atoms with van der Waals surface area (Å²) in [6.07, 6.45) is 0. The number of hydrogen-bond donors (Lipinski definition) is 1. The zero-order valence-corrected chi connectivity index (χ0v) is 12.2. The molecule has 0 fully saturated rings. The van der Waals surface area contributed by atoms with Gasteiger partial charge in [-0.15, -0.1) is 0 Å². The monoisotopic (exact) mass is 341 g/mol. The summed E-state index contributed by atoms with van der Waals surface area (Å²) in [5.74, 6) is 0. The Morgan fingerprint density at radius 2 is 1.90 bits per heavy atom. The molecule has 0 saturated carbocycles. The zero-order chi connectivity index (χ0) is 14.6. The average molecular weight is 342 g/mol. The third-order valence-electron chi connectivity index (χ3n) is 3.43. The highest BCUT2D eigenvalue weighted by atomic mass is 79.9. The summed E-state index contributed by atoms with van der Waals surface area (Å²) in [5.41, 5.74) is 1.21. The summed E-state index contributed by atoms with van der Waals surface area (Å²) in [5, 5.41) is 0.470. The van der Waals surface area contributed by atoms with Crippen LogP contribution < -0.4 is 11.1 Å². The number of halogens is 1. The number of aromatic amines is 1. The Labute approximate surface area is 126 Å². The predicted molar refractivity (Wildman–Crippen MR) is 84.8 cm³/mol. The number of benzene rings is 2. The van der Waals surface area contributed by atoms with Crippen molar-refractivity contribution < 1.29 is 0 Å². The molecule has 0 unspecified atom stereocenters. The van der Waals surface area contributed by atoms with E-state index in [1.807, 2.05) is 6.07 Å². The first-order valence-electron chi connectivity index (χ1n) is 6.28. The maximum absolute atomic E-state index is 12.8. The quantitative estimate of drug-likeness (QED) is 0.394. The number of aromatic nitrogens is 3. The number of fused-ring (bicyclic) bond motifs is 4. The van der Waals surface area contributed by atoms with Gasteiger partial charge < -0.3 is 4.98 Å². The zero-order valence-electron chi connectivity index (χ0n) is 10.6. The second-order valence-electron chi connectivity index (χ2n) is 4.71. The van der Waals surface area contributed by atoms with Crippen molar-refractivity contribution in [1.82, 2.24) is 14.4 Å². The predicted octanol–water partition coefficient (Wildman–Crippen LogP) is 2.45. The van der Waals surface area contributed by atoms with Gasteiger partial charge in [0, 0.05) is 4.47 Å². The lowest BCUT2D eigenvalue weighted by molar-refractivity contribution is 1.08. The van der Waals surface area contributed by atoms with Gasteiger partial charge in [-0.05, 0) is 30.3 Å². The van der Waals surface area contributed by atoms with Crippen LogP contribution in [0, 0.1) is 0 Å². The number of rotatable bonds is 0. The number of hydrogen-bond acceptors (Lipinski definition) is 3. The van der Waals surface area contributed by atoms with Crippen LogP contribution in [-0.2, 0) is 0 Å². The lowest BCUT2D eigenvalue weighted by atomic mass is 10.2. The highest BCUT2D eigenvalue weighted by molar-refractivity contribution is 9.10. The van der Waals surface area contributed by atoms with Gasteiger partial charge in [-0.1, -0.05) is 28.1 Å². The minimum absolute atomic E-state index is 0.105. The Bertz CT molecular complexity index is 1140. The fraction of sp³-hybridized carbons (Fsp3) is 0. The first kappa shape index (κ1) is 12.3. The molecule has 0 aliphatic rings. The van der Waals surface area contributed by atoms with E-state index in [2.05, 4.69) is 25.9 Å². The topological polar surface area (TPSA) is 67.2 Å². The molecule has 1 N–H and O–H groups in total. The van der Waals surface area contributed by atoms with Gasteiger partial charge in [0.05, 0.1) is 21.9 Å². The second kappa shape index (κ2) is 4.26. The largest absolute Gasteiger partial charge is 0.317 e. The molecule has 6 heteroatoms. The van der Waals surface area contributed by atoms with Crippen LogP contribution in [0.2, 0.25) is 0 Å². The van der Waals surface area contributed by atoms with Crippen molar-refractivity contribution >= 4 is 43.5 Å². The van der Waals surface area contributed by atoms with Gasteiger partial charge in [0.25, 0.3) is 11.1 Å². The molecule has 102 valence electrons.